The predicted octanol–water partition coefficient (Wildman–Crippen LogP) is 10.3. The second-order valence-corrected chi connectivity index (χ2v) is 20.1. The van der Waals surface area contributed by atoms with Gasteiger partial charge in [0.05, 0.1) is 25.0 Å². The molecule has 8 aromatic rings. The van der Waals surface area contributed by atoms with E-state index in [0.717, 1.165) is 15.9 Å². The van der Waals surface area contributed by atoms with Gasteiger partial charge in [-0.15, -0.1) is 0 Å². The van der Waals surface area contributed by atoms with Gasteiger partial charge in [-0.25, -0.2) is 27.2 Å². The second kappa shape index (κ2) is 18.9. The zero-order chi connectivity index (χ0) is 47.1. The molecule has 0 atom stereocenters. The number of esters is 1. The van der Waals surface area contributed by atoms with Gasteiger partial charge >= 0.3 is 11.9 Å². The van der Waals surface area contributed by atoms with E-state index in [1.54, 1.807) is 37.4 Å². The van der Waals surface area contributed by atoms with E-state index in [1.165, 1.54) is 41.1 Å². The van der Waals surface area contributed by atoms with Gasteiger partial charge in [0.25, 0.3) is 11.8 Å². The van der Waals surface area contributed by atoms with Crippen molar-refractivity contribution < 1.29 is 45.7 Å². The number of fused-ring (bicyclic) bond motifs is 2. The monoisotopic (exact) mass is 1100 g/mol. The number of hydrogen-bond donors (Lipinski definition) is 1. The molecule has 16 nitrogen and oxygen atoms in total. The van der Waals surface area contributed by atoms with Crippen molar-refractivity contribution in [1.29, 1.82) is 0 Å². The first kappa shape index (κ1) is 47.7. The van der Waals surface area contributed by atoms with E-state index >= 15 is 0 Å². The van der Waals surface area contributed by atoms with Gasteiger partial charge in [-0.1, -0.05) is 56.7 Å². The van der Waals surface area contributed by atoms with Crippen LogP contribution in [0, 0.1) is 15.2 Å². The number of pyridine rings is 2. The normalized spacial score (nSPS) is 11.9. The van der Waals surface area contributed by atoms with E-state index < -0.39 is 39.0 Å². The van der Waals surface area contributed by atoms with Gasteiger partial charge in [0.2, 0.25) is 11.6 Å². The molecule has 1 N–H and O–H groups in total. The fourth-order valence-electron chi connectivity index (χ4n) is 6.11. The van der Waals surface area contributed by atoms with Crippen LogP contribution in [0.5, 0.6) is 0 Å². The van der Waals surface area contributed by atoms with E-state index in [1.807, 2.05) is 6.20 Å². The molecule has 338 valence electrons. The molecule has 0 radical (unpaired) electrons. The highest BCUT2D eigenvalue weighted by atomic mass is 127. The second-order valence-electron chi connectivity index (χ2n) is 15.2. The van der Waals surface area contributed by atoms with Crippen LogP contribution < -0.4 is 0 Å². The Morgan fingerprint density at radius 2 is 1.20 bits per heavy atom. The van der Waals surface area contributed by atoms with Crippen molar-refractivity contribution in [3.8, 4) is 45.9 Å². The number of carbonyl (C=O) groups is 2. The molecule has 0 fully saturated rings. The molecular formula is C41H31Cl4F2IN8O8S. The minimum absolute atomic E-state index is 0.00587. The standard InChI is InChI=1S/C22H18Cl2FIN4O3.C19H13Cl2FN4O5S/c1-22(2,3)32-18(31)5-4-11-6-14(23)13(8-16(11)25)19-28-21(33-29-19)17-10-30-9-12(26)7-15(24)20(30)27-17;1-32(29,30)10-5-13(21)18-23-15(8-26(18)7-10)19-24-17(25-31-19)11-6-14(22)9(4-12(11)20)2-3-16(27)28/h6-10H,4-5H2,1-3H3;4-8H,2-3H2,1H3,(H,27,28). The smallest absolute Gasteiger partial charge is 0.306 e. The van der Waals surface area contributed by atoms with Crippen molar-refractivity contribution in [3.63, 3.8) is 0 Å². The van der Waals surface area contributed by atoms with E-state index in [2.05, 4.69) is 52.8 Å². The number of carboxylic acid groups (broad SMARTS) is 1. The van der Waals surface area contributed by atoms with Gasteiger partial charge in [0.1, 0.15) is 28.6 Å². The van der Waals surface area contributed by atoms with Gasteiger partial charge in [-0.05, 0) is 104 Å². The van der Waals surface area contributed by atoms with Crippen LogP contribution in [0.1, 0.15) is 44.7 Å². The molecule has 0 saturated heterocycles. The molecule has 0 bridgehead atoms. The first-order valence-electron chi connectivity index (χ1n) is 18.8. The highest BCUT2D eigenvalue weighted by Crippen LogP contribution is 2.34. The van der Waals surface area contributed by atoms with Crippen molar-refractivity contribution in [3.05, 3.63) is 108 Å². The molecule has 8 rings (SSSR count). The Balaban J connectivity index is 0.000000194. The Kier molecular flexibility index (Phi) is 13.9. The predicted molar refractivity (Wildman–Crippen MR) is 244 cm³/mol. The molecule has 65 heavy (non-hydrogen) atoms. The zero-order valence-electron chi connectivity index (χ0n) is 34.0. The Labute approximate surface area is 400 Å². The number of rotatable bonds is 11. The quantitative estimate of drug-likeness (QED) is 0.0944. The van der Waals surface area contributed by atoms with Crippen molar-refractivity contribution >= 4 is 102 Å². The first-order chi connectivity index (χ1) is 30.5. The summed E-state index contributed by atoms with van der Waals surface area (Å²) in [5.41, 5.74) is 1.73. The number of aryl methyl sites for hydroxylation is 2. The van der Waals surface area contributed by atoms with Gasteiger partial charge in [0, 0.05) is 58.6 Å². The number of nitrogens with zero attached hydrogens (tertiary/aromatic N) is 8. The molecule has 0 aliphatic carbocycles. The van der Waals surface area contributed by atoms with Gasteiger partial charge in [-0.2, -0.15) is 9.97 Å². The summed E-state index contributed by atoms with van der Waals surface area (Å²) in [5.74, 6) is -2.41. The lowest BCUT2D eigenvalue weighted by molar-refractivity contribution is -0.154. The number of imidazole rings is 2. The van der Waals surface area contributed by atoms with Crippen molar-refractivity contribution in [2.75, 3.05) is 6.26 Å². The number of carbonyl (C=O) groups excluding carboxylic acids is 1. The van der Waals surface area contributed by atoms with Crippen LogP contribution in [0.4, 0.5) is 8.78 Å². The van der Waals surface area contributed by atoms with Crippen LogP contribution in [0.15, 0.2) is 75.1 Å². The lowest BCUT2D eigenvalue weighted by Crippen LogP contribution is -2.24. The summed E-state index contributed by atoms with van der Waals surface area (Å²) in [6, 6.07) is 8.19. The Morgan fingerprint density at radius 3 is 1.68 bits per heavy atom. The summed E-state index contributed by atoms with van der Waals surface area (Å²) < 4.78 is 72.7. The molecule has 0 unspecified atom stereocenters. The highest BCUT2D eigenvalue weighted by Gasteiger charge is 2.23. The minimum atomic E-state index is -3.49. The van der Waals surface area contributed by atoms with Crippen LogP contribution in [0.2, 0.25) is 20.1 Å². The number of ether oxygens (including phenoxy) is 1. The Morgan fingerprint density at radius 1 is 0.723 bits per heavy atom. The number of aliphatic carboxylic acids is 1. The van der Waals surface area contributed by atoms with E-state index in [4.69, 9.17) is 65.3 Å². The lowest BCUT2D eigenvalue weighted by atomic mass is 10.1. The van der Waals surface area contributed by atoms with E-state index in [-0.39, 0.29) is 97.1 Å². The van der Waals surface area contributed by atoms with E-state index in [9.17, 15) is 26.8 Å². The molecule has 2 aromatic carbocycles. The fourth-order valence-corrected chi connectivity index (χ4v) is 8.67. The molecule has 24 heteroatoms. The Hall–Kier alpha value is -5.26. The summed E-state index contributed by atoms with van der Waals surface area (Å²) in [7, 11) is -3.49. The summed E-state index contributed by atoms with van der Waals surface area (Å²) in [5, 5.41) is 17.5. The number of aromatic nitrogens is 8. The van der Waals surface area contributed by atoms with Crippen LogP contribution in [-0.4, -0.2) is 76.4 Å². The topological polar surface area (TPSA) is 210 Å². The molecule has 0 saturated carbocycles. The molecule has 6 heterocycles. The summed E-state index contributed by atoms with van der Waals surface area (Å²) in [6.07, 6.45) is 7.37. The fraction of sp³-hybridized carbons (Fsp3) is 0.220. The number of sulfone groups is 1. The van der Waals surface area contributed by atoms with Crippen molar-refractivity contribution in [2.45, 2.75) is 57.0 Å². The van der Waals surface area contributed by atoms with Crippen LogP contribution in [-0.2, 0) is 37.0 Å². The lowest BCUT2D eigenvalue weighted by Gasteiger charge is -2.19. The van der Waals surface area contributed by atoms with Crippen LogP contribution in [0.25, 0.3) is 57.2 Å². The SMILES string of the molecule is CC(C)(C)OC(=O)CCc1cc(Cl)c(-c2noc(-c3cn4cc(I)cc(Cl)c4n3)n2)cc1F.CS(=O)(=O)c1cc(Cl)c2nc(-c3nc(-c4cc(F)c(CCC(=O)O)cc4Cl)no3)cn2c1. The minimum Gasteiger partial charge on any atom is -0.481 e. The average molecular weight is 1100 g/mol. The van der Waals surface area contributed by atoms with Gasteiger partial charge in [0.15, 0.2) is 21.1 Å². The number of hydrogen-bond acceptors (Lipinski definition) is 13. The summed E-state index contributed by atoms with van der Waals surface area (Å²) in [6.45, 7) is 5.33. The number of carboxylic acids is 1. The number of halogens is 7. The van der Waals surface area contributed by atoms with Gasteiger partial charge < -0.3 is 27.7 Å². The van der Waals surface area contributed by atoms with Crippen LogP contribution in [0.3, 0.4) is 0 Å². The third-order valence-electron chi connectivity index (χ3n) is 9.05. The Bertz CT molecular complexity index is 3280. The van der Waals surface area contributed by atoms with Crippen molar-refractivity contribution in [1.82, 2.24) is 39.1 Å². The first-order valence-corrected chi connectivity index (χ1v) is 23.3. The molecule has 0 aliphatic heterocycles. The maximum Gasteiger partial charge on any atom is 0.306 e. The third-order valence-corrected chi connectivity index (χ3v) is 11.9. The largest absolute Gasteiger partial charge is 0.481 e. The number of benzene rings is 2. The zero-order valence-corrected chi connectivity index (χ0v) is 40.0. The molecule has 0 aliphatic rings. The summed E-state index contributed by atoms with van der Waals surface area (Å²) >= 11 is 27.2. The van der Waals surface area contributed by atoms with Crippen molar-refractivity contribution in [2.24, 2.45) is 0 Å². The molecule has 0 spiro atoms. The molecule has 6 aromatic heterocycles. The average Bonchev–Trinajstić information content (AvgIpc) is 4.04. The highest BCUT2D eigenvalue weighted by molar-refractivity contribution is 14.1. The third kappa shape index (κ3) is 11.2. The molecular weight excluding hydrogens is 1070 g/mol. The maximum atomic E-state index is 14.7. The maximum absolute atomic E-state index is 14.7. The summed E-state index contributed by atoms with van der Waals surface area (Å²) in [4.78, 5) is 39.9. The van der Waals surface area contributed by atoms with Crippen LogP contribution >= 0.6 is 69.0 Å². The molecule has 0 amide bonds. The van der Waals surface area contributed by atoms with E-state index in [0.29, 0.717) is 21.9 Å². The van der Waals surface area contributed by atoms with Gasteiger partial charge in [-0.3, -0.25) is 9.59 Å².